The number of anilines is 2. The minimum atomic E-state index is 0. The molecule has 0 saturated heterocycles. The highest BCUT2D eigenvalue weighted by molar-refractivity contribution is 5.77. The van der Waals surface area contributed by atoms with E-state index in [1.54, 1.807) is 0 Å². The van der Waals surface area contributed by atoms with Gasteiger partial charge in [0.1, 0.15) is 0 Å². The molecule has 0 unspecified atom stereocenters. The Morgan fingerprint density at radius 1 is 0.895 bits per heavy atom. The third-order valence-electron chi connectivity index (χ3n) is 3.08. The third-order valence-corrected chi connectivity index (χ3v) is 3.08. The predicted octanol–water partition coefficient (Wildman–Crippen LogP) is 4.75. The molecule has 3 heteroatoms. The van der Waals surface area contributed by atoms with E-state index in [0.29, 0.717) is 5.92 Å². The average molecular weight is 256 g/mol. The fraction of sp³-hybridized carbons (Fsp3) is 0.250. The summed E-state index contributed by atoms with van der Waals surface area (Å²) in [4.78, 5) is 2.35. The van der Waals surface area contributed by atoms with Gasteiger partial charge in [-0.15, -0.1) is 0 Å². The predicted molar refractivity (Wildman–Crippen MR) is 79.8 cm³/mol. The molecule has 0 bridgehead atoms. The van der Waals surface area contributed by atoms with Crippen LogP contribution in [0.2, 0.25) is 0 Å². The summed E-state index contributed by atoms with van der Waals surface area (Å²) in [6.07, 6.45) is 0. The van der Waals surface area contributed by atoms with Crippen LogP contribution in [0.1, 0.15) is 13.8 Å². The first-order valence-electron chi connectivity index (χ1n) is 6.39. The van der Waals surface area contributed by atoms with Gasteiger partial charge in [0, 0.05) is 6.54 Å². The van der Waals surface area contributed by atoms with Gasteiger partial charge >= 0.3 is 0 Å². The normalized spacial score (nSPS) is 12.3. The van der Waals surface area contributed by atoms with E-state index in [0.717, 1.165) is 29.4 Å². The maximum atomic E-state index is 5.95. The third kappa shape index (κ3) is 2.42. The van der Waals surface area contributed by atoms with E-state index in [4.69, 9.17) is 4.74 Å². The van der Waals surface area contributed by atoms with Crippen LogP contribution < -0.4 is 15.8 Å². The van der Waals surface area contributed by atoms with Gasteiger partial charge in [-0.1, -0.05) is 38.1 Å². The molecule has 0 amide bonds. The lowest BCUT2D eigenvalue weighted by molar-refractivity contribution is 0.469. The smallest absolute Gasteiger partial charge is 0.151 e. The molecule has 0 aliphatic carbocycles. The quantitative estimate of drug-likeness (QED) is 0.843. The number of hydrogen-bond acceptors (Lipinski definition) is 3. The molecule has 0 aromatic heterocycles. The maximum Gasteiger partial charge on any atom is 0.151 e. The Morgan fingerprint density at radius 2 is 1.37 bits per heavy atom. The van der Waals surface area contributed by atoms with E-state index in [2.05, 4.69) is 43.0 Å². The molecular formula is C16H20N2O. The molecule has 3 N–H and O–H groups in total. The second-order valence-corrected chi connectivity index (χ2v) is 5.04. The lowest BCUT2D eigenvalue weighted by Gasteiger charge is -2.33. The summed E-state index contributed by atoms with van der Waals surface area (Å²) in [7, 11) is 0. The van der Waals surface area contributed by atoms with Gasteiger partial charge in [0.25, 0.3) is 0 Å². The van der Waals surface area contributed by atoms with E-state index in [-0.39, 0.29) is 6.15 Å². The van der Waals surface area contributed by atoms with Crippen LogP contribution in [0.5, 0.6) is 11.5 Å². The molecule has 0 fully saturated rings. The molecule has 0 atom stereocenters. The van der Waals surface area contributed by atoms with E-state index in [1.807, 2.05) is 24.3 Å². The van der Waals surface area contributed by atoms with Gasteiger partial charge in [-0.3, -0.25) is 0 Å². The molecule has 0 radical (unpaired) electrons. The number of nitrogens with zero attached hydrogens (tertiary/aromatic N) is 1. The van der Waals surface area contributed by atoms with Gasteiger partial charge in [0.05, 0.1) is 11.4 Å². The Labute approximate surface area is 114 Å². The Bertz CT molecular complexity index is 521. The Balaban J connectivity index is 0.00000133. The van der Waals surface area contributed by atoms with Crippen molar-refractivity contribution >= 4 is 11.4 Å². The van der Waals surface area contributed by atoms with E-state index in [9.17, 15) is 0 Å². The van der Waals surface area contributed by atoms with Crippen LogP contribution in [0, 0.1) is 5.92 Å². The minimum Gasteiger partial charge on any atom is -0.453 e. The maximum absolute atomic E-state index is 5.95. The zero-order valence-corrected chi connectivity index (χ0v) is 11.5. The van der Waals surface area contributed by atoms with Crippen molar-refractivity contribution < 1.29 is 4.74 Å². The van der Waals surface area contributed by atoms with Gasteiger partial charge in [-0.2, -0.15) is 0 Å². The molecule has 100 valence electrons. The SMILES string of the molecule is CC(C)CN1c2ccccc2Oc2ccccc21.N. The summed E-state index contributed by atoms with van der Waals surface area (Å²) in [5.74, 6) is 2.48. The summed E-state index contributed by atoms with van der Waals surface area (Å²) in [5.41, 5.74) is 2.31. The summed E-state index contributed by atoms with van der Waals surface area (Å²) < 4.78 is 5.95. The monoisotopic (exact) mass is 256 g/mol. The van der Waals surface area contributed by atoms with Crippen LogP contribution in [-0.4, -0.2) is 6.54 Å². The standard InChI is InChI=1S/C16H17NO.H3N/c1-12(2)11-17-13-7-3-5-9-15(13)18-16-10-6-4-8-14(16)17;/h3-10,12H,11H2,1-2H3;1H3. The van der Waals surface area contributed by atoms with Gasteiger partial charge < -0.3 is 15.8 Å². The molecule has 19 heavy (non-hydrogen) atoms. The first-order valence-corrected chi connectivity index (χ1v) is 6.39. The molecule has 1 aliphatic rings. The lowest BCUT2D eigenvalue weighted by atomic mass is 10.1. The number of rotatable bonds is 2. The first-order chi connectivity index (χ1) is 8.75. The first kappa shape index (κ1) is 13.4. The van der Waals surface area contributed by atoms with E-state index >= 15 is 0 Å². The van der Waals surface area contributed by atoms with Crippen molar-refractivity contribution in [1.29, 1.82) is 0 Å². The molecule has 3 nitrogen and oxygen atoms in total. The van der Waals surface area contributed by atoms with Gasteiger partial charge in [0.15, 0.2) is 11.5 Å². The van der Waals surface area contributed by atoms with Crippen LogP contribution in [0.25, 0.3) is 0 Å². The topological polar surface area (TPSA) is 47.5 Å². The van der Waals surface area contributed by atoms with Crippen LogP contribution in [-0.2, 0) is 0 Å². The van der Waals surface area contributed by atoms with Crippen molar-refractivity contribution in [2.24, 2.45) is 5.92 Å². The minimum absolute atomic E-state index is 0. The fourth-order valence-corrected chi connectivity index (χ4v) is 2.34. The van der Waals surface area contributed by atoms with Crippen molar-refractivity contribution in [3.63, 3.8) is 0 Å². The lowest BCUT2D eigenvalue weighted by Crippen LogP contribution is -2.25. The summed E-state index contributed by atoms with van der Waals surface area (Å²) in [6.45, 7) is 5.47. The highest BCUT2D eigenvalue weighted by Crippen LogP contribution is 2.46. The van der Waals surface area contributed by atoms with Crippen LogP contribution >= 0.6 is 0 Å². The largest absolute Gasteiger partial charge is 0.453 e. The number of hydrogen-bond donors (Lipinski definition) is 1. The van der Waals surface area contributed by atoms with E-state index in [1.165, 1.54) is 0 Å². The van der Waals surface area contributed by atoms with Gasteiger partial charge in [-0.25, -0.2) is 0 Å². The number of fused-ring (bicyclic) bond motifs is 2. The second kappa shape index (κ2) is 5.33. The molecule has 3 rings (SSSR count). The summed E-state index contributed by atoms with van der Waals surface area (Å²) >= 11 is 0. The molecular weight excluding hydrogens is 236 g/mol. The second-order valence-electron chi connectivity index (χ2n) is 5.04. The number of benzene rings is 2. The van der Waals surface area contributed by atoms with Crippen molar-refractivity contribution in [3.05, 3.63) is 48.5 Å². The number of ether oxygens (including phenoxy) is 1. The Morgan fingerprint density at radius 3 is 1.84 bits per heavy atom. The number of para-hydroxylation sites is 4. The highest BCUT2D eigenvalue weighted by atomic mass is 16.5. The van der Waals surface area contributed by atoms with Gasteiger partial charge in [0.2, 0.25) is 0 Å². The Kier molecular flexibility index (Phi) is 3.76. The van der Waals surface area contributed by atoms with Gasteiger partial charge in [-0.05, 0) is 30.2 Å². The summed E-state index contributed by atoms with van der Waals surface area (Å²) in [6, 6.07) is 16.4. The Hall–Kier alpha value is -2.00. The highest BCUT2D eigenvalue weighted by Gasteiger charge is 2.23. The van der Waals surface area contributed by atoms with Crippen molar-refractivity contribution in [2.75, 3.05) is 11.4 Å². The average Bonchev–Trinajstić information content (AvgIpc) is 2.38. The molecule has 0 spiro atoms. The van der Waals surface area contributed by atoms with Crippen molar-refractivity contribution in [2.45, 2.75) is 13.8 Å². The molecule has 1 heterocycles. The van der Waals surface area contributed by atoms with Crippen molar-refractivity contribution in [3.8, 4) is 11.5 Å². The fourth-order valence-electron chi connectivity index (χ4n) is 2.34. The van der Waals surface area contributed by atoms with Crippen molar-refractivity contribution in [1.82, 2.24) is 6.15 Å². The molecule has 1 aliphatic heterocycles. The van der Waals surface area contributed by atoms with Crippen LogP contribution in [0.3, 0.4) is 0 Å². The van der Waals surface area contributed by atoms with Crippen LogP contribution in [0.15, 0.2) is 48.5 Å². The molecule has 0 saturated carbocycles. The molecule has 2 aromatic rings. The zero-order chi connectivity index (χ0) is 12.5. The summed E-state index contributed by atoms with van der Waals surface area (Å²) in [5, 5.41) is 0. The zero-order valence-electron chi connectivity index (χ0n) is 11.5. The molecule has 2 aromatic carbocycles. The van der Waals surface area contributed by atoms with E-state index < -0.39 is 0 Å². The van der Waals surface area contributed by atoms with Crippen LogP contribution in [0.4, 0.5) is 11.4 Å².